The van der Waals surface area contributed by atoms with Gasteiger partial charge in [0, 0.05) is 11.3 Å². The minimum Gasteiger partial charge on any atom is -0.492 e. The van der Waals surface area contributed by atoms with E-state index in [0.717, 1.165) is 12.8 Å². The van der Waals surface area contributed by atoms with Gasteiger partial charge >= 0.3 is 0 Å². The van der Waals surface area contributed by atoms with Crippen LogP contribution in [0, 0.1) is 5.92 Å². The van der Waals surface area contributed by atoms with Crippen LogP contribution in [0.3, 0.4) is 0 Å². The third-order valence-corrected chi connectivity index (χ3v) is 4.34. The fraction of sp³-hybridized carbons (Fsp3) is 0.353. The zero-order valence-electron chi connectivity index (χ0n) is 13.4. The second-order valence-corrected chi connectivity index (χ2v) is 6.42. The summed E-state index contributed by atoms with van der Waals surface area (Å²) in [6.07, 6.45) is 2.05. The number of carbonyl (C=O) groups excluding carboxylic acids is 2. The number of para-hydroxylation sites is 2. The van der Waals surface area contributed by atoms with Crippen molar-refractivity contribution in [1.82, 2.24) is 4.98 Å². The van der Waals surface area contributed by atoms with E-state index in [1.54, 1.807) is 11.4 Å². The molecule has 1 heterocycles. The lowest BCUT2D eigenvalue weighted by Gasteiger charge is -2.10. The Bertz CT molecular complexity index is 740. The number of thiazole rings is 1. The van der Waals surface area contributed by atoms with Gasteiger partial charge in [-0.1, -0.05) is 12.1 Å². The summed E-state index contributed by atoms with van der Waals surface area (Å²) in [5.41, 5.74) is 1.28. The smallest absolute Gasteiger partial charge is 0.230 e. The molecule has 1 aliphatic carbocycles. The Morgan fingerprint density at radius 2 is 2.08 bits per heavy atom. The zero-order valence-corrected chi connectivity index (χ0v) is 14.2. The molecule has 24 heavy (non-hydrogen) atoms. The molecule has 0 atom stereocenters. The van der Waals surface area contributed by atoms with Crippen molar-refractivity contribution in [3.8, 4) is 5.75 Å². The highest BCUT2D eigenvalue weighted by atomic mass is 32.1. The summed E-state index contributed by atoms with van der Waals surface area (Å²) in [5, 5.41) is 7.96. The normalized spacial score (nSPS) is 13.4. The number of ether oxygens (including phenoxy) is 1. The van der Waals surface area contributed by atoms with Gasteiger partial charge in [0.15, 0.2) is 5.13 Å². The minimum absolute atomic E-state index is 0.0194. The second kappa shape index (κ2) is 7.44. The first-order valence-corrected chi connectivity index (χ1v) is 8.80. The summed E-state index contributed by atoms with van der Waals surface area (Å²) in [4.78, 5) is 28.2. The minimum atomic E-state index is -0.174. The highest BCUT2D eigenvalue weighted by Crippen LogP contribution is 2.30. The molecule has 2 amide bonds. The molecule has 0 unspecified atom stereocenters. The van der Waals surface area contributed by atoms with Gasteiger partial charge in [-0.2, -0.15) is 0 Å². The third-order valence-electron chi connectivity index (χ3n) is 3.53. The highest BCUT2D eigenvalue weighted by molar-refractivity contribution is 7.13. The zero-order chi connectivity index (χ0) is 16.9. The van der Waals surface area contributed by atoms with Crippen LogP contribution in [0.25, 0.3) is 0 Å². The lowest BCUT2D eigenvalue weighted by molar-refractivity contribution is -0.117. The predicted molar refractivity (Wildman–Crippen MR) is 93.4 cm³/mol. The molecular weight excluding hydrogens is 326 g/mol. The van der Waals surface area contributed by atoms with Gasteiger partial charge in [0.2, 0.25) is 11.8 Å². The van der Waals surface area contributed by atoms with E-state index < -0.39 is 0 Å². The molecule has 2 N–H and O–H groups in total. The van der Waals surface area contributed by atoms with Crippen LogP contribution in [-0.4, -0.2) is 23.4 Å². The van der Waals surface area contributed by atoms with Crippen LogP contribution in [0.1, 0.15) is 25.5 Å². The van der Waals surface area contributed by atoms with Crippen molar-refractivity contribution in [2.45, 2.75) is 26.2 Å². The maximum absolute atomic E-state index is 12.2. The van der Waals surface area contributed by atoms with E-state index in [9.17, 15) is 9.59 Å². The van der Waals surface area contributed by atoms with Gasteiger partial charge in [-0.3, -0.25) is 9.59 Å². The van der Waals surface area contributed by atoms with Gasteiger partial charge in [-0.05, 0) is 31.9 Å². The number of rotatable bonds is 7. The Hall–Kier alpha value is -2.41. The fourth-order valence-corrected chi connectivity index (χ4v) is 2.92. The number of carbonyl (C=O) groups is 2. The maximum atomic E-state index is 12.2. The van der Waals surface area contributed by atoms with Gasteiger partial charge in [0.25, 0.3) is 0 Å². The molecule has 0 aliphatic heterocycles. The Morgan fingerprint density at radius 3 is 2.83 bits per heavy atom. The van der Waals surface area contributed by atoms with Crippen LogP contribution in [0.5, 0.6) is 5.75 Å². The SMILES string of the molecule is CCOc1ccccc1NC(=O)Cc1csc(NC(=O)C2CC2)n1. The van der Waals surface area contributed by atoms with Crippen molar-refractivity contribution in [2.75, 3.05) is 17.2 Å². The molecule has 7 heteroatoms. The number of hydrogen-bond donors (Lipinski definition) is 2. The first-order valence-electron chi connectivity index (χ1n) is 7.92. The van der Waals surface area contributed by atoms with E-state index >= 15 is 0 Å². The lowest BCUT2D eigenvalue weighted by Crippen LogP contribution is -2.16. The average Bonchev–Trinajstić information content (AvgIpc) is 3.32. The standard InChI is InChI=1S/C17H19N3O3S/c1-2-23-14-6-4-3-5-13(14)19-15(21)9-12-10-24-17(18-12)20-16(22)11-7-8-11/h3-6,10-11H,2,7-9H2,1H3,(H,19,21)(H,18,20,22). The van der Waals surface area contributed by atoms with Gasteiger partial charge in [-0.15, -0.1) is 11.3 Å². The summed E-state index contributed by atoms with van der Waals surface area (Å²) in [5.74, 6) is 0.623. The number of hydrogen-bond acceptors (Lipinski definition) is 5. The average molecular weight is 345 g/mol. The second-order valence-electron chi connectivity index (χ2n) is 5.56. The van der Waals surface area contributed by atoms with Crippen LogP contribution >= 0.6 is 11.3 Å². The summed E-state index contributed by atoms with van der Waals surface area (Å²) in [6.45, 7) is 2.42. The molecule has 0 spiro atoms. The molecule has 2 aromatic rings. The van der Waals surface area contributed by atoms with E-state index in [1.807, 2.05) is 25.1 Å². The summed E-state index contributed by atoms with van der Waals surface area (Å²) in [6, 6.07) is 7.31. The Balaban J connectivity index is 1.57. The summed E-state index contributed by atoms with van der Waals surface area (Å²) < 4.78 is 5.49. The summed E-state index contributed by atoms with van der Waals surface area (Å²) >= 11 is 1.33. The predicted octanol–water partition coefficient (Wildman–Crippen LogP) is 3.07. The first-order chi connectivity index (χ1) is 11.7. The Morgan fingerprint density at radius 1 is 1.29 bits per heavy atom. The molecule has 126 valence electrons. The fourth-order valence-electron chi connectivity index (χ4n) is 2.21. The topological polar surface area (TPSA) is 80.3 Å². The van der Waals surface area contributed by atoms with Crippen molar-refractivity contribution in [2.24, 2.45) is 5.92 Å². The third kappa shape index (κ3) is 4.32. The number of amides is 2. The molecule has 6 nitrogen and oxygen atoms in total. The van der Waals surface area contributed by atoms with Crippen LogP contribution in [-0.2, 0) is 16.0 Å². The van der Waals surface area contributed by atoms with Crippen molar-refractivity contribution in [3.63, 3.8) is 0 Å². The first kappa shape index (κ1) is 16.4. The van der Waals surface area contributed by atoms with Crippen molar-refractivity contribution >= 4 is 34.0 Å². The van der Waals surface area contributed by atoms with Crippen molar-refractivity contribution < 1.29 is 14.3 Å². The molecule has 1 aromatic heterocycles. The molecule has 0 bridgehead atoms. The molecule has 1 fully saturated rings. The molecule has 1 aromatic carbocycles. The molecule has 1 saturated carbocycles. The molecule has 3 rings (SSSR count). The Labute approximate surface area is 144 Å². The van der Waals surface area contributed by atoms with E-state index in [0.29, 0.717) is 28.9 Å². The molecule has 0 saturated heterocycles. The molecular formula is C17H19N3O3S. The van der Waals surface area contributed by atoms with E-state index in [4.69, 9.17) is 4.74 Å². The van der Waals surface area contributed by atoms with Gasteiger partial charge < -0.3 is 15.4 Å². The maximum Gasteiger partial charge on any atom is 0.230 e. The Kier molecular flexibility index (Phi) is 5.10. The number of nitrogens with one attached hydrogen (secondary N) is 2. The van der Waals surface area contributed by atoms with E-state index in [-0.39, 0.29) is 24.2 Å². The van der Waals surface area contributed by atoms with Crippen LogP contribution in [0.15, 0.2) is 29.6 Å². The van der Waals surface area contributed by atoms with Crippen LogP contribution < -0.4 is 15.4 Å². The van der Waals surface area contributed by atoms with Gasteiger partial charge in [0.1, 0.15) is 5.75 Å². The molecule has 1 aliphatic rings. The highest BCUT2D eigenvalue weighted by Gasteiger charge is 2.30. The quantitative estimate of drug-likeness (QED) is 0.808. The van der Waals surface area contributed by atoms with Crippen LogP contribution in [0.2, 0.25) is 0 Å². The number of nitrogens with zero attached hydrogens (tertiary/aromatic N) is 1. The lowest BCUT2D eigenvalue weighted by atomic mass is 10.2. The number of anilines is 2. The van der Waals surface area contributed by atoms with Crippen molar-refractivity contribution in [1.29, 1.82) is 0 Å². The van der Waals surface area contributed by atoms with E-state index in [2.05, 4.69) is 15.6 Å². The van der Waals surface area contributed by atoms with Gasteiger partial charge in [0.05, 0.1) is 24.4 Å². The van der Waals surface area contributed by atoms with Crippen LogP contribution in [0.4, 0.5) is 10.8 Å². The number of benzene rings is 1. The monoisotopic (exact) mass is 345 g/mol. The molecule has 0 radical (unpaired) electrons. The summed E-state index contributed by atoms with van der Waals surface area (Å²) in [7, 11) is 0. The van der Waals surface area contributed by atoms with E-state index in [1.165, 1.54) is 11.3 Å². The largest absolute Gasteiger partial charge is 0.492 e. The number of aromatic nitrogens is 1. The van der Waals surface area contributed by atoms with Crippen molar-refractivity contribution in [3.05, 3.63) is 35.3 Å². The van der Waals surface area contributed by atoms with Gasteiger partial charge in [-0.25, -0.2) is 4.98 Å².